The number of hydrogen-bond acceptors (Lipinski definition) is 3. The third kappa shape index (κ3) is 2.96. The van der Waals surface area contributed by atoms with Gasteiger partial charge in [0.15, 0.2) is 0 Å². The summed E-state index contributed by atoms with van der Waals surface area (Å²) in [6.07, 6.45) is 4.13. The third-order valence-corrected chi connectivity index (χ3v) is 4.90. The lowest BCUT2D eigenvalue weighted by molar-refractivity contribution is 0.00578. The molecule has 5 heteroatoms. The highest BCUT2D eigenvalue weighted by atomic mass is 16.7. The van der Waals surface area contributed by atoms with Gasteiger partial charge in [-0.25, -0.2) is 0 Å². The molecule has 0 unspecified atom stereocenters. The van der Waals surface area contributed by atoms with Crippen LogP contribution in [0.1, 0.15) is 33.3 Å². The molecule has 122 valence electrons. The molecule has 4 nitrogen and oxygen atoms in total. The van der Waals surface area contributed by atoms with Gasteiger partial charge in [0.1, 0.15) is 0 Å². The molecule has 1 aliphatic rings. The highest BCUT2D eigenvalue weighted by Gasteiger charge is 2.52. The molecule has 2 N–H and O–H groups in total. The highest BCUT2D eigenvalue weighted by Crippen LogP contribution is 2.38. The Kier molecular flexibility index (Phi) is 4.13. The first-order valence-corrected chi connectivity index (χ1v) is 8.11. The lowest BCUT2D eigenvalue weighted by atomic mass is 9.77. The number of benzene rings is 1. The van der Waals surface area contributed by atoms with E-state index in [0.717, 1.165) is 16.6 Å². The molecule has 1 aromatic carbocycles. The zero-order valence-electron chi connectivity index (χ0n) is 14.6. The van der Waals surface area contributed by atoms with Crippen LogP contribution >= 0.6 is 0 Å². The molecule has 1 aromatic heterocycles. The van der Waals surface area contributed by atoms with Gasteiger partial charge in [-0.2, -0.15) is 0 Å². The van der Waals surface area contributed by atoms with Crippen LogP contribution in [-0.2, 0) is 9.31 Å². The summed E-state index contributed by atoms with van der Waals surface area (Å²) in [5, 5.41) is 4.43. The largest absolute Gasteiger partial charge is 0.491 e. The SMILES string of the molecule is CNCC(=Cc1cccc2cc[nH]c12)B1OC(C)(C)C(C)(C)O1. The van der Waals surface area contributed by atoms with Crippen molar-refractivity contribution in [1.82, 2.24) is 10.3 Å². The first kappa shape index (κ1) is 16.3. The summed E-state index contributed by atoms with van der Waals surface area (Å²) in [7, 11) is 1.60. The van der Waals surface area contributed by atoms with Crippen molar-refractivity contribution in [3.05, 3.63) is 41.5 Å². The van der Waals surface area contributed by atoms with Gasteiger partial charge in [0, 0.05) is 12.7 Å². The van der Waals surface area contributed by atoms with Crippen LogP contribution in [0.15, 0.2) is 35.9 Å². The molecule has 1 saturated heterocycles. The monoisotopic (exact) mass is 312 g/mol. The van der Waals surface area contributed by atoms with Crippen LogP contribution < -0.4 is 5.32 Å². The van der Waals surface area contributed by atoms with Crippen molar-refractivity contribution in [2.75, 3.05) is 13.6 Å². The molecule has 3 rings (SSSR count). The number of likely N-dealkylation sites (N-methyl/N-ethyl adjacent to an activating group) is 1. The molecule has 1 fully saturated rings. The molecule has 0 amide bonds. The van der Waals surface area contributed by atoms with Crippen molar-refractivity contribution >= 4 is 24.1 Å². The molecule has 0 spiro atoms. The van der Waals surface area contributed by atoms with E-state index in [1.807, 2.05) is 13.2 Å². The number of aromatic amines is 1. The minimum atomic E-state index is -0.335. The van der Waals surface area contributed by atoms with E-state index in [0.29, 0.717) is 6.54 Å². The summed E-state index contributed by atoms with van der Waals surface area (Å²) >= 11 is 0. The summed E-state index contributed by atoms with van der Waals surface area (Å²) in [5.41, 5.74) is 2.71. The number of aromatic nitrogens is 1. The summed E-state index contributed by atoms with van der Waals surface area (Å²) in [6.45, 7) is 9.03. The number of hydrogen-bond donors (Lipinski definition) is 2. The smallest absolute Gasteiger partial charge is 0.400 e. The number of para-hydroxylation sites is 1. The van der Waals surface area contributed by atoms with Crippen molar-refractivity contribution in [3.8, 4) is 0 Å². The van der Waals surface area contributed by atoms with Gasteiger partial charge >= 0.3 is 7.12 Å². The molecule has 0 atom stereocenters. The van der Waals surface area contributed by atoms with Gasteiger partial charge in [-0.3, -0.25) is 0 Å². The van der Waals surface area contributed by atoms with Gasteiger partial charge in [-0.1, -0.05) is 24.3 Å². The van der Waals surface area contributed by atoms with Gasteiger partial charge in [0.25, 0.3) is 0 Å². The quantitative estimate of drug-likeness (QED) is 0.851. The lowest BCUT2D eigenvalue weighted by Gasteiger charge is -2.32. The second kappa shape index (κ2) is 5.82. The standard InChI is InChI=1S/C18H25BN2O2/c1-17(2)18(3,4)23-19(22-17)15(12-20-5)11-14-8-6-7-13-9-10-21-16(13)14/h6-11,20-21H,12H2,1-5H3. The van der Waals surface area contributed by atoms with Crippen LogP contribution in [0.3, 0.4) is 0 Å². The van der Waals surface area contributed by atoms with Gasteiger partial charge in [0.2, 0.25) is 0 Å². The second-order valence-corrected chi connectivity index (χ2v) is 7.13. The zero-order chi connectivity index (χ0) is 16.7. The predicted molar refractivity (Wildman–Crippen MR) is 96.3 cm³/mol. The van der Waals surface area contributed by atoms with Crippen LogP contribution in [0.2, 0.25) is 0 Å². The Bertz CT molecular complexity index is 717. The van der Waals surface area contributed by atoms with Crippen LogP contribution in [0.25, 0.3) is 17.0 Å². The molecule has 2 aromatic rings. The maximum absolute atomic E-state index is 6.20. The van der Waals surface area contributed by atoms with Gasteiger partial charge in [-0.05, 0) is 57.2 Å². The summed E-state index contributed by atoms with van der Waals surface area (Å²) in [4.78, 5) is 3.31. The van der Waals surface area contributed by atoms with Crippen LogP contribution in [0, 0.1) is 0 Å². The Labute approximate surface area is 138 Å². The Hall–Kier alpha value is -1.56. The van der Waals surface area contributed by atoms with Crippen LogP contribution in [0.4, 0.5) is 0 Å². The number of rotatable bonds is 4. The molecule has 0 bridgehead atoms. The molecule has 0 aliphatic carbocycles. The normalized spacial score (nSPS) is 20.4. The third-order valence-electron chi connectivity index (χ3n) is 4.90. The molecular weight excluding hydrogens is 287 g/mol. The van der Waals surface area contributed by atoms with Crippen LogP contribution in [0.5, 0.6) is 0 Å². The van der Waals surface area contributed by atoms with E-state index in [1.165, 1.54) is 5.39 Å². The van der Waals surface area contributed by atoms with Gasteiger partial charge < -0.3 is 19.6 Å². The number of H-pyrrole nitrogens is 1. The predicted octanol–water partition coefficient (Wildman–Crippen LogP) is 3.40. The van der Waals surface area contributed by atoms with Crippen molar-refractivity contribution < 1.29 is 9.31 Å². The van der Waals surface area contributed by atoms with E-state index in [2.05, 4.69) is 68.3 Å². The maximum Gasteiger partial charge on any atom is 0.491 e. The molecular formula is C18H25BN2O2. The molecule has 1 aliphatic heterocycles. The topological polar surface area (TPSA) is 46.3 Å². The first-order valence-electron chi connectivity index (χ1n) is 8.11. The zero-order valence-corrected chi connectivity index (χ0v) is 14.6. The minimum Gasteiger partial charge on any atom is -0.400 e. The number of fused-ring (bicyclic) bond motifs is 1. The number of nitrogens with one attached hydrogen (secondary N) is 2. The Morgan fingerprint density at radius 3 is 2.52 bits per heavy atom. The first-order chi connectivity index (χ1) is 10.8. The molecule has 2 heterocycles. The van der Waals surface area contributed by atoms with E-state index in [-0.39, 0.29) is 18.3 Å². The molecule has 0 saturated carbocycles. The van der Waals surface area contributed by atoms with Crippen LogP contribution in [-0.4, -0.2) is 36.9 Å². The molecule has 23 heavy (non-hydrogen) atoms. The molecule has 0 radical (unpaired) electrons. The average molecular weight is 312 g/mol. The van der Waals surface area contributed by atoms with Gasteiger partial charge in [-0.15, -0.1) is 0 Å². The fraction of sp³-hybridized carbons (Fsp3) is 0.444. The average Bonchev–Trinajstić information content (AvgIpc) is 3.02. The van der Waals surface area contributed by atoms with Crippen molar-refractivity contribution in [2.24, 2.45) is 0 Å². The summed E-state index contributed by atoms with van der Waals surface area (Å²) in [6, 6.07) is 8.37. The van der Waals surface area contributed by atoms with E-state index in [4.69, 9.17) is 9.31 Å². The fourth-order valence-electron chi connectivity index (χ4n) is 2.83. The second-order valence-electron chi connectivity index (χ2n) is 7.13. The van der Waals surface area contributed by atoms with E-state index in [9.17, 15) is 0 Å². The highest BCUT2D eigenvalue weighted by molar-refractivity contribution is 6.56. The Morgan fingerprint density at radius 2 is 1.87 bits per heavy atom. The van der Waals surface area contributed by atoms with E-state index < -0.39 is 0 Å². The summed E-state index contributed by atoms with van der Waals surface area (Å²) < 4.78 is 12.4. The van der Waals surface area contributed by atoms with E-state index >= 15 is 0 Å². The Morgan fingerprint density at radius 1 is 1.17 bits per heavy atom. The lowest BCUT2D eigenvalue weighted by Crippen LogP contribution is -2.41. The fourth-order valence-corrected chi connectivity index (χ4v) is 2.83. The van der Waals surface area contributed by atoms with Crippen molar-refractivity contribution in [2.45, 2.75) is 38.9 Å². The summed E-state index contributed by atoms with van der Waals surface area (Å²) in [5.74, 6) is 0. The maximum atomic E-state index is 6.20. The van der Waals surface area contributed by atoms with Crippen molar-refractivity contribution in [3.63, 3.8) is 0 Å². The van der Waals surface area contributed by atoms with Gasteiger partial charge in [0.05, 0.1) is 16.7 Å². The Balaban J connectivity index is 1.98. The van der Waals surface area contributed by atoms with Crippen molar-refractivity contribution in [1.29, 1.82) is 0 Å². The minimum absolute atomic E-state index is 0.330. The van der Waals surface area contributed by atoms with E-state index in [1.54, 1.807) is 0 Å².